The number of rotatable bonds is 12. The summed E-state index contributed by atoms with van der Waals surface area (Å²) in [5, 5.41) is 19.4. The van der Waals surface area contributed by atoms with Crippen LogP contribution in [-0.4, -0.2) is 58.4 Å². The fraction of sp³-hybridized carbons (Fsp3) is 0.478. The lowest BCUT2D eigenvalue weighted by molar-refractivity contribution is 0.0802. The van der Waals surface area contributed by atoms with Crippen LogP contribution in [0.5, 0.6) is 0 Å². The molecule has 27 heavy (non-hydrogen) atoms. The average Bonchev–Trinajstić information content (AvgIpc) is 2.62. The summed E-state index contributed by atoms with van der Waals surface area (Å²) in [6.45, 7) is 8.48. The van der Waals surface area contributed by atoms with Crippen LogP contribution in [0.15, 0.2) is 60.7 Å². The maximum atomic E-state index is 9.70. The Balaban J connectivity index is 1.93. The van der Waals surface area contributed by atoms with Gasteiger partial charge < -0.3 is 10.2 Å². The molecule has 2 N–H and O–H groups in total. The first-order chi connectivity index (χ1) is 13.0. The van der Waals surface area contributed by atoms with E-state index >= 15 is 0 Å². The zero-order chi connectivity index (χ0) is 19.5. The molecule has 2 rings (SSSR count). The van der Waals surface area contributed by atoms with Gasteiger partial charge in [-0.2, -0.15) is 0 Å². The Kier molecular flexibility index (Phi) is 9.50. The van der Waals surface area contributed by atoms with Gasteiger partial charge in [0.1, 0.15) is 0 Å². The van der Waals surface area contributed by atoms with Gasteiger partial charge in [0.05, 0.1) is 12.2 Å². The zero-order valence-electron chi connectivity index (χ0n) is 16.7. The number of nitrogens with zero attached hydrogens (tertiary/aromatic N) is 2. The zero-order valence-corrected chi connectivity index (χ0v) is 16.7. The van der Waals surface area contributed by atoms with E-state index in [0.717, 1.165) is 32.6 Å². The summed E-state index contributed by atoms with van der Waals surface area (Å²) >= 11 is 0. The highest BCUT2D eigenvalue weighted by molar-refractivity contribution is 5.17. The van der Waals surface area contributed by atoms with Crippen molar-refractivity contribution in [1.29, 1.82) is 0 Å². The fourth-order valence-electron chi connectivity index (χ4n) is 3.42. The Morgan fingerprint density at radius 1 is 0.667 bits per heavy atom. The van der Waals surface area contributed by atoms with Crippen LogP contribution in [0.2, 0.25) is 0 Å². The second kappa shape index (κ2) is 11.9. The average molecular weight is 371 g/mol. The molecule has 0 aromatic heterocycles. The lowest BCUT2D eigenvalue weighted by Gasteiger charge is -2.27. The summed E-state index contributed by atoms with van der Waals surface area (Å²) < 4.78 is 0. The Hall–Kier alpha value is -1.72. The maximum absolute atomic E-state index is 9.70. The molecule has 0 aliphatic carbocycles. The maximum Gasteiger partial charge on any atom is 0.0639 e. The SMILES string of the molecule is CC(O)CN(CCCN(Cc1ccccc1)Cc1ccccc1)CC(C)O. The van der Waals surface area contributed by atoms with Gasteiger partial charge in [-0.1, -0.05) is 60.7 Å². The van der Waals surface area contributed by atoms with Crippen LogP contribution in [0, 0.1) is 0 Å². The van der Waals surface area contributed by atoms with E-state index in [4.69, 9.17) is 0 Å². The van der Waals surface area contributed by atoms with Crippen molar-refractivity contribution in [1.82, 2.24) is 9.80 Å². The molecule has 4 heteroatoms. The van der Waals surface area contributed by atoms with Gasteiger partial charge in [-0.15, -0.1) is 0 Å². The highest BCUT2D eigenvalue weighted by Gasteiger charge is 2.13. The van der Waals surface area contributed by atoms with Crippen LogP contribution in [0.3, 0.4) is 0 Å². The van der Waals surface area contributed by atoms with Crippen LogP contribution in [0.4, 0.5) is 0 Å². The molecular formula is C23H34N2O2. The summed E-state index contributed by atoms with van der Waals surface area (Å²) in [7, 11) is 0. The third-order valence-corrected chi connectivity index (χ3v) is 4.49. The molecule has 0 spiro atoms. The van der Waals surface area contributed by atoms with E-state index in [2.05, 4.69) is 70.5 Å². The van der Waals surface area contributed by atoms with Gasteiger partial charge >= 0.3 is 0 Å². The summed E-state index contributed by atoms with van der Waals surface area (Å²) in [4.78, 5) is 4.62. The van der Waals surface area contributed by atoms with Gasteiger partial charge in [0, 0.05) is 32.7 Å². The van der Waals surface area contributed by atoms with E-state index in [9.17, 15) is 10.2 Å². The minimum atomic E-state index is -0.381. The monoisotopic (exact) mass is 370 g/mol. The Bertz CT molecular complexity index is 565. The van der Waals surface area contributed by atoms with Crippen LogP contribution >= 0.6 is 0 Å². The minimum absolute atomic E-state index is 0.381. The first kappa shape index (κ1) is 21.6. The first-order valence-electron chi connectivity index (χ1n) is 9.91. The Morgan fingerprint density at radius 2 is 1.07 bits per heavy atom. The molecule has 2 unspecified atom stereocenters. The van der Waals surface area contributed by atoms with Crippen LogP contribution in [-0.2, 0) is 13.1 Å². The summed E-state index contributed by atoms with van der Waals surface area (Å²) in [6, 6.07) is 21.1. The van der Waals surface area contributed by atoms with Crippen LogP contribution in [0.1, 0.15) is 31.4 Å². The molecule has 0 aliphatic heterocycles. The Labute approximate surface area is 164 Å². The van der Waals surface area contributed by atoms with Crippen molar-refractivity contribution < 1.29 is 10.2 Å². The topological polar surface area (TPSA) is 46.9 Å². The third-order valence-electron chi connectivity index (χ3n) is 4.49. The lowest BCUT2D eigenvalue weighted by atomic mass is 10.1. The molecule has 0 saturated heterocycles. The second-order valence-corrected chi connectivity index (χ2v) is 7.49. The van der Waals surface area contributed by atoms with Gasteiger partial charge in [0.2, 0.25) is 0 Å². The predicted octanol–water partition coefficient (Wildman–Crippen LogP) is 3.14. The van der Waals surface area contributed by atoms with Gasteiger partial charge in [0.15, 0.2) is 0 Å². The largest absolute Gasteiger partial charge is 0.392 e. The molecular weight excluding hydrogens is 336 g/mol. The van der Waals surface area contributed by atoms with E-state index < -0.39 is 0 Å². The summed E-state index contributed by atoms with van der Waals surface area (Å²) in [5.74, 6) is 0. The molecule has 0 bridgehead atoms. The quantitative estimate of drug-likeness (QED) is 0.603. The molecule has 0 heterocycles. The van der Waals surface area contributed by atoms with E-state index in [1.807, 2.05) is 0 Å². The van der Waals surface area contributed by atoms with Crippen molar-refractivity contribution in [3.05, 3.63) is 71.8 Å². The van der Waals surface area contributed by atoms with Crippen molar-refractivity contribution in [2.45, 2.75) is 45.6 Å². The van der Waals surface area contributed by atoms with E-state index in [1.165, 1.54) is 11.1 Å². The molecule has 0 aliphatic rings. The van der Waals surface area contributed by atoms with E-state index in [1.54, 1.807) is 13.8 Å². The molecule has 148 valence electrons. The highest BCUT2D eigenvalue weighted by Crippen LogP contribution is 2.11. The molecule has 2 aromatic carbocycles. The molecule has 0 saturated carbocycles. The normalized spacial score (nSPS) is 13.9. The van der Waals surface area contributed by atoms with Crippen molar-refractivity contribution >= 4 is 0 Å². The second-order valence-electron chi connectivity index (χ2n) is 7.49. The molecule has 0 radical (unpaired) electrons. The Morgan fingerprint density at radius 3 is 1.48 bits per heavy atom. The standard InChI is InChI=1S/C23H34N2O2/c1-20(26)16-24(17-21(2)27)14-9-15-25(18-22-10-5-3-6-11-22)19-23-12-7-4-8-13-23/h3-8,10-13,20-21,26-27H,9,14-19H2,1-2H3. The van der Waals surface area contributed by atoms with Crippen molar-refractivity contribution in [3.8, 4) is 0 Å². The number of hydrogen-bond donors (Lipinski definition) is 2. The van der Waals surface area contributed by atoms with Crippen LogP contribution < -0.4 is 0 Å². The first-order valence-corrected chi connectivity index (χ1v) is 9.91. The van der Waals surface area contributed by atoms with Gasteiger partial charge in [-0.3, -0.25) is 9.80 Å². The minimum Gasteiger partial charge on any atom is -0.392 e. The summed E-state index contributed by atoms with van der Waals surface area (Å²) in [6.07, 6.45) is 0.237. The van der Waals surface area contributed by atoms with Gasteiger partial charge in [0.25, 0.3) is 0 Å². The third kappa shape index (κ3) is 9.16. The predicted molar refractivity (Wildman–Crippen MR) is 111 cm³/mol. The van der Waals surface area contributed by atoms with Crippen LogP contribution in [0.25, 0.3) is 0 Å². The van der Waals surface area contributed by atoms with Gasteiger partial charge in [-0.05, 0) is 37.9 Å². The van der Waals surface area contributed by atoms with Gasteiger partial charge in [-0.25, -0.2) is 0 Å². The van der Waals surface area contributed by atoms with Crippen molar-refractivity contribution in [3.63, 3.8) is 0 Å². The lowest BCUT2D eigenvalue weighted by Crippen LogP contribution is -2.38. The molecule has 4 nitrogen and oxygen atoms in total. The van der Waals surface area contributed by atoms with E-state index in [0.29, 0.717) is 13.1 Å². The smallest absolute Gasteiger partial charge is 0.0639 e. The number of aliphatic hydroxyl groups excluding tert-OH is 2. The number of hydrogen-bond acceptors (Lipinski definition) is 4. The summed E-state index contributed by atoms with van der Waals surface area (Å²) in [5.41, 5.74) is 2.64. The number of aliphatic hydroxyl groups is 2. The molecule has 0 fully saturated rings. The highest BCUT2D eigenvalue weighted by atomic mass is 16.3. The van der Waals surface area contributed by atoms with E-state index in [-0.39, 0.29) is 12.2 Å². The van der Waals surface area contributed by atoms with Crippen molar-refractivity contribution in [2.75, 3.05) is 26.2 Å². The number of benzene rings is 2. The molecule has 2 atom stereocenters. The van der Waals surface area contributed by atoms with Crippen molar-refractivity contribution in [2.24, 2.45) is 0 Å². The molecule has 2 aromatic rings. The molecule has 0 amide bonds. The fourth-order valence-corrected chi connectivity index (χ4v) is 3.42.